The molecule has 2 heterocycles. The molecule has 17 heavy (non-hydrogen) atoms. The zero-order chi connectivity index (χ0) is 12.3. The highest BCUT2D eigenvalue weighted by atomic mass is 15.2. The second-order valence-corrected chi connectivity index (χ2v) is 6.53. The summed E-state index contributed by atoms with van der Waals surface area (Å²) in [5, 5.41) is 3.64. The van der Waals surface area contributed by atoms with Gasteiger partial charge in [-0.2, -0.15) is 0 Å². The Morgan fingerprint density at radius 2 is 2.00 bits per heavy atom. The predicted octanol–water partition coefficient (Wildman–Crippen LogP) is 1.54. The number of nitrogens with zero attached hydrogens (tertiary/aromatic N) is 2. The lowest BCUT2D eigenvalue weighted by molar-refractivity contribution is 0.120. The quantitative estimate of drug-likeness (QED) is 0.789. The van der Waals surface area contributed by atoms with Gasteiger partial charge in [0.2, 0.25) is 0 Å². The zero-order valence-electron chi connectivity index (χ0n) is 11.8. The lowest BCUT2D eigenvalue weighted by atomic mass is 10.0. The van der Waals surface area contributed by atoms with Crippen molar-refractivity contribution in [1.29, 1.82) is 0 Å². The van der Waals surface area contributed by atoms with Crippen LogP contribution in [-0.4, -0.2) is 61.2 Å². The van der Waals surface area contributed by atoms with Crippen LogP contribution < -0.4 is 5.32 Å². The molecular formula is C14H29N3. The fourth-order valence-electron chi connectivity index (χ4n) is 3.25. The average Bonchev–Trinajstić information content (AvgIpc) is 2.43. The summed E-state index contributed by atoms with van der Waals surface area (Å²) >= 11 is 0. The monoisotopic (exact) mass is 239 g/mol. The highest BCUT2D eigenvalue weighted by Crippen LogP contribution is 2.18. The summed E-state index contributed by atoms with van der Waals surface area (Å²) in [4.78, 5) is 5.24. The van der Waals surface area contributed by atoms with Gasteiger partial charge in [0.05, 0.1) is 0 Å². The van der Waals surface area contributed by atoms with Crippen LogP contribution in [0, 0.1) is 0 Å². The number of hydrogen-bond donors (Lipinski definition) is 1. The van der Waals surface area contributed by atoms with Gasteiger partial charge in [-0.15, -0.1) is 0 Å². The van der Waals surface area contributed by atoms with Crippen molar-refractivity contribution in [1.82, 2.24) is 15.1 Å². The summed E-state index contributed by atoms with van der Waals surface area (Å²) in [7, 11) is 2.30. The summed E-state index contributed by atoms with van der Waals surface area (Å²) in [5.74, 6) is 0. The van der Waals surface area contributed by atoms with Gasteiger partial charge >= 0.3 is 0 Å². The van der Waals surface area contributed by atoms with E-state index in [1.165, 1.54) is 58.4 Å². The van der Waals surface area contributed by atoms with Crippen LogP contribution in [0.4, 0.5) is 0 Å². The fraction of sp³-hybridized carbons (Fsp3) is 1.00. The first-order valence-corrected chi connectivity index (χ1v) is 7.24. The molecule has 0 aromatic heterocycles. The van der Waals surface area contributed by atoms with Gasteiger partial charge in [0, 0.05) is 24.7 Å². The summed E-state index contributed by atoms with van der Waals surface area (Å²) in [6, 6.07) is 0.789. The van der Waals surface area contributed by atoms with E-state index in [2.05, 4.69) is 36.0 Å². The van der Waals surface area contributed by atoms with E-state index >= 15 is 0 Å². The van der Waals surface area contributed by atoms with E-state index in [0.29, 0.717) is 0 Å². The number of likely N-dealkylation sites (N-methyl/N-ethyl adjacent to an activating group) is 1. The molecule has 0 bridgehead atoms. The molecule has 1 atom stereocenters. The molecule has 2 aliphatic rings. The number of likely N-dealkylation sites (tertiary alicyclic amines) is 1. The molecule has 100 valence electrons. The molecule has 0 spiro atoms. The van der Waals surface area contributed by atoms with Gasteiger partial charge in [0.1, 0.15) is 0 Å². The van der Waals surface area contributed by atoms with E-state index in [0.717, 1.165) is 6.04 Å². The van der Waals surface area contributed by atoms with E-state index in [9.17, 15) is 0 Å². The standard InChI is InChI=1S/C14H29N3/c1-14(2)12-17(10-6-8-15-14)11-13-7-4-5-9-16(13)3/h13,15H,4-12H2,1-3H3. The van der Waals surface area contributed by atoms with Gasteiger partial charge in [0.25, 0.3) is 0 Å². The molecule has 0 saturated carbocycles. The van der Waals surface area contributed by atoms with Gasteiger partial charge < -0.3 is 10.2 Å². The Bertz CT molecular complexity index is 240. The predicted molar refractivity (Wildman–Crippen MR) is 73.4 cm³/mol. The van der Waals surface area contributed by atoms with E-state index in [-0.39, 0.29) is 5.54 Å². The summed E-state index contributed by atoms with van der Waals surface area (Å²) in [5.41, 5.74) is 0.281. The van der Waals surface area contributed by atoms with Crippen molar-refractivity contribution in [2.24, 2.45) is 0 Å². The van der Waals surface area contributed by atoms with Crippen LogP contribution in [0.3, 0.4) is 0 Å². The van der Waals surface area contributed by atoms with Crippen molar-refractivity contribution >= 4 is 0 Å². The molecule has 1 N–H and O–H groups in total. The maximum absolute atomic E-state index is 3.64. The highest BCUT2D eigenvalue weighted by molar-refractivity contribution is 4.87. The van der Waals surface area contributed by atoms with Crippen LogP contribution in [0.5, 0.6) is 0 Å². The zero-order valence-corrected chi connectivity index (χ0v) is 11.8. The van der Waals surface area contributed by atoms with Gasteiger partial charge in [-0.25, -0.2) is 0 Å². The number of hydrogen-bond acceptors (Lipinski definition) is 3. The lowest BCUT2D eigenvalue weighted by Crippen LogP contribution is -2.50. The summed E-state index contributed by atoms with van der Waals surface area (Å²) in [6.07, 6.45) is 5.49. The molecule has 2 aliphatic heterocycles. The molecular weight excluding hydrogens is 210 g/mol. The molecule has 0 aromatic carbocycles. The van der Waals surface area contributed by atoms with E-state index in [1.54, 1.807) is 0 Å². The first kappa shape index (κ1) is 13.3. The van der Waals surface area contributed by atoms with E-state index < -0.39 is 0 Å². The van der Waals surface area contributed by atoms with Gasteiger partial charge in [-0.3, -0.25) is 4.90 Å². The van der Waals surface area contributed by atoms with Gasteiger partial charge in [0.15, 0.2) is 0 Å². The molecule has 0 amide bonds. The lowest BCUT2D eigenvalue weighted by Gasteiger charge is -2.38. The Hall–Kier alpha value is -0.120. The van der Waals surface area contributed by atoms with Crippen LogP contribution in [0.15, 0.2) is 0 Å². The Morgan fingerprint density at radius 3 is 2.76 bits per heavy atom. The van der Waals surface area contributed by atoms with E-state index in [1.807, 2.05) is 0 Å². The largest absolute Gasteiger partial charge is 0.310 e. The van der Waals surface area contributed by atoms with E-state index in [4.69, 9.17) is 0 Å². The molecule has 1 unspecified atom stereocenters. The number of nitrogens with one attached hydrogen (secondary N) is 1. The van der Waals surface area contributed by atoms with Crippen LogP contribution in [0.2, 0.25) is 0 Å². The third-order valence-corrected chi connectivity index (χ3v) is 4.26. The molecule has 0 aliphatic carbocycles. The molecule has 3 nitrogen and oxygen atoms in total. The number of piperidine rings is 1. The third-order valence-electron chi connectivity index (χ3n) is 4.26. The second-order valence-electron chi connectivity index (χ2n) is 6.53. The fourth-order valence-corrected chi connectivity index (χ4v) is 3.25. The Labute approximate surface area is 107 Å². The Balaban J connectivity index is 1.88. The minimum Gasteiger partial charge on any atom is -0.310 e. The Morgan fingerprint density at radius 1 is 1.18 bits per heavy atom. The number of rotatable bonds is 2. The van der Waals surface area contributed by atoms with Crippen molar-refractivity contribution in [3.63, 3.8) is 0 Å². The van der Waals surface area contributed by atoms with Crippen LogP contribution in [0.25, 0.3) is 0 Å². The smallest absolute Gasteiger partial charge is 0.0252 e. The van der Waals surface area contributed by atoms with Crippen molar-refractivity contribution in [2.45, 2.75) is 51.1 Å². The summed E-state index contributed by atoms with van der Waals surface area (Å²) < 4.78 is 0. The molecule has 2 rings (SSSR count). The van der Waals surface area contributed by atoms with Gasteiger partial charge in [-0.1, -0.05) is 6.42 Å². The SMILES string of the molecule is CN1CCCCC1CN1CCCNC(C)(C)C1. The van der Waals surface area contributed by atoms with Crippen LogP contribution in [-0.2, 0) is 0 Å². The van der Waals surface area contributed by atoms with Crippen molar-refractivity contribution < 1.29 is 0 Å². The maximum Gasteiger partial charge on any atom is 0.0252 e. The minimum absolute atomic E-state index is 0.281. The normalized spacial score (nSPS) is 32.3. The molecule has 2 saturated heterocycles. The molecule has 0 aromatic rings. The summed E-state index contributed by atoms with van der Waals surface area (Å²) in [6.45, 7) is 10.8. The molecule has 2 fully saturated rings. The topological polar surface area (TPSA) is 18.5 Å². The minimum atomic E-state index is 0.281. The first-order chi connectivity index (χ1) is 8.07. The van der Waals surface area contributed by atoms with Crippen molar-refractivity contribution in [2.75, 3.05) is 39.8 Å². The maximum atomic E-state index is 3.64. The molecule has 0 radical (unpaired) electrons. The second kappa shape index (κ2) is 5.68. The van der Waals surface area contributed by atoms with Gasteiger partial charge in [-0.05, 0) is 59.8 Å². The first-order valence-electron chi connectivity index (χ1n) is 7.24. The van der Waals surface area contributed by atoms with Crippen LogP contribution >= 0.6 is 0 Å². The third kappa shape index (κ3) is 3.94. The van der Waals surface area contributed by atoms with Crippen LogP contribution in [0.1, 0.15) is 39.5 Å². The van der Waals surface area contributed by atoms with Crippen molar-refractivity contribution in [3.05, 3.63) is 0 Å². The Kier molecular flexibility index (Phi) is 4.45. The average molecular weight is 239 g/mol. The molecule has 3 heteroatoms. The van der Waals surface area contributed by atoms with Crippen molar-refractivity contribution in [3.8, 4) is 0 Å². The highest BCUT2D eigenvalue weighted by Gasteiger charge is 2.27.